The molecule has 0 radical (unpaired) electrons. The molecule has 0 N–H and O–H groups in total. The van der Waals surface area contributed by atoms with Crippen molar-refractivity contribution >= 4 is 6.08 Å². The molecule has 0 aliphatic carbocycles. The minimum atomic E-state index is -0.175. The Hall–Kier alpha value is -4.29. The van der Waals surface area contributed by atoms with Gasteiger partial charge in [0.15, 0.2) is 0 Å². The summed E-state index contributed by atoms with van der Waals surface area (Å²) in [5.74, 6) is 2.31. The van der Waals surface area contributed by atoms with Gasteiger partial charge in [0, 0.05) is 5.41 Å². The summed E-state index contributed by atoms with van der Waals surface area (Å²) in [5.41, 5.74) is 5.06. The summed E-state index contributed by atoms with van der Waals surface area (Å²) in [4.78, 5) is 0. The van der Waals surface area contributed by atoms with Crippen LogP contribution in [0, 0.1) is 11.3 Å². The number of hydrogen-bond donors (Lipinski definition) is 0. The van der Waals surface area contributed by atoms with Crippen LogP contribution in [0.3, 0.4) is 0 Å². The van der Waals surface area contributed by atoms with E-state index in [0.29, 0.717) is 17.9 Å². The largest absolute Gasteiger partial charge is 0.489 e. The highest BCUT2D eigenvalue weighted by molar-refractivity contribution is 5.47. The van der Waals surface area contributed by atoms with Gasteiger partial charge in [-0.25, -0.2) is 0 Å². The molecule has 4 aromatic carbocycles. The van der Waals surface area contributed by atoms with Crippen molar-refractivity contribution in [2.24, 2.45) is 0 Å². The van der Waals surface area contributed by atoms with Gasteiger partial charge in [-0.15, -0.1) is 0 Å². The fourth-order valence-corrected chi connectivity index (χ4v) is 3.72. The summed E-state index contributed by atoms with van der Waals surface area (Å²) < 4.78 is 11.9. The van der Waals surface area contributed by atoms with E-state index in [1.807, 2.05) is 42.5 Å². The number of hydrogen-bond acceptors (Lipinski definition) is 3. The van der Waals surface area contributed by atoms with Gasteiger partial charge in [-0.3, -0.25) is 0 Å². The van der Waals surface area contributed by atoms with Crippen molar-refractivity contribution in [3.05, 3.63) is 131 Å². The SMILES string of the molecule is C=Cc1ccc(COc2ccc(C(C)(C)c3ccc(Oc4ccc(C#N)cc4)cc3)cc2)cc1. The number of nitriles is 1. The van der Waals surface area contributed by atoms with Gasteiger partial charge in [-0.2, -0.15) is 5.26 Å². The molecule has 0 saturated heterocycles. The molecule has 0 aromatic heterocycles. The Morgan fingerprint density at radius 3 is 1.74 bits per heavy atom. The summed E-state index contributed by atoms with van der Waals surface area (Å²) in [5, 5.41) is 8.92. The van der Waals surface area contributed by atoms with Crippen molar-refractivity contribution in [3.63, 3.8) is 0 Å². The van der Waals surface area contributed by atoms with Crippen LogP contribution in [0.4, 0.5) is 0 Å². The zero-order chi connectivity index (χ0) is 24.0. The fraction of sp³-hybridized carbons (Fsp3) is 0.129. The summed E-state index contributed by atoms with van der Waals surface area (Å²) in [6.45, 7) is 8.73. The van der Waals surface area contributed by atoms with Crippen molar-refractivity contribution in [2.75, 3.05) is 0 Å². The predicted octanol–water partition coefficient (Wildman–Crippen LogP) is 7.90. The van der Waals surface area contributed by atoms with Crippen LogP contribution in [-0.4, -0.2) is 0 Å². The maximum absolute atomic E-state index is 8.92. The third kappa shape index (κ3) is 5.36. The standard InChI is InChI=1S/C31H27NO2/c1-4-23-5-7-25(8-6-23)22-33-28-17-11-26(12-18-28)31(2,3)27-13-19-30(20-14-27)34-29-15-9-24(21-32)10-16-29/h4-20H,1,22H2,2-3H3. The van der Waals surface area contributed by atoms with Crippen molar-refractivity contribution in [3.8, 4) is 23.3 Å². The second kappa shape index (κ2) is 10.1. The summed E-state index contributed by atoms with van der Waals surface area (Å²) >= 11 is 0. The average Bonchev–Trinajstić information content (AvgIpc) is 2.89. The fourth-order valence-electron chi connectivity index (χ4n) is 3.72. The normalized spacial score (nSPS) is 10.9. The first-order valence-electron chi connectivity index (χ1n) is 11.2. The molecule has 3 heteroatoms. The lowest BCUT2D eigenvalue weighted by atomic mass is 9.78. The zero-order valence-electron chi connectivity index (χ0n) is 19.5. The first-order valence-corrected chi connectivity index (χ1v) is 11.2. The quantitative estimate of drug-likeness (QED) is 0.277. The van der Waals surface area contributed by atoms with E-state index in [2.05, 4.69) is 62.9 Å². The van der Waals surface area contributed by atoms with Crippen LogP contribution in [0.1, 0.15) is 41.7 Å². The monoisotopic (exact) mass is 445 g/mol. The van der Waals surface area contributed by atoms with Crippen LogP contribution in [-0.2, 0) is 12.0 Å². The van der Waals surface area contributed by atoms with Gasteiger partial charge < -0.3 is 9.47 Å². The Labute approximate surface area is 201 Å². The molecule has 4 aromatic rings. The summed E-state index contributed by atoms with van der Waals surface area (Å²) in [7, 11) is 0. The van der Waals surface area contributed by atoms with Crippen molar-refractivity contribution < 1.29 is 9.47 Å². The van der Waals surface area contributed by atoms with E-state index in [9.17, 15) is 0 Å². The van der Waals surface area contributed by atoms with Gasteiger partial charge in [0.1, 0.15) is 23.9 Å². The number of ether oxygens (including phenoxy) is 2. The predicted molar refractivity (Wildman–Crippen MR) is 137 cm³/mol. The second-order valence-electron chi connectivity index (χ2n) is 8.65. The Balaban J connectivity index is 1.40. The molecule has 0 aliphatic heterocycles. The van der Waals surface area contributed by atoms with Crippen molar-refractivity contribution in [1.82, 2.24) is 0 Å². The molecular formula is C31H27NO2. The van der Waals surface area contributed by atoms with Gasteiger partial charge in [0.2, 0.25) is 0 Å². The third-order valence-corrected chi connectivity index (χ3v) is 5.99. The molecule has 0 aliphatic rings. The molecule has 168 valence electrons. The second-order valence-corrected chi connectivity index (χ2v) is 8.65. The number of benzene rings is 4. The molecule has 0 heterocycles. The maximum atomic E-state index is 8.92. The van der Waals surface area contributed by atoms with Gasteiger partial charge >= 0.3 is 0 Å². The minimum Gasteiger partial charge on any atom is -0.489 e. The van der Waals surface area contributed by atoms with E-state index in [4.69, 9.17) is 14.7 Å². The molecule has 0 spiro atoms. The van der Waals surface area contributed by atoms with Crippen LogP contribution < -0.4 is 9.47 Å². The topological polar surface area (TPSA) is 42.2 Å². The Morgan fingerprint density at radius 1 is 0.735 bits per heavy atom. The van der Waals surface area contributed by atoms with Crippen LogP contribution in [0.25, 0.3) is 6.08 Å². The number of rotatable bonds is 8. The van der Waals surface area contributed by atoms with Crippen LogP contribution in [0.2, 0.25) is 0 Å². The molecule has 34 heavy (non-hydrogen) atoms. The van der Waals surface area contributed by atoms with E-state index >= 15 is 0 Å². The zero-order valence-corrected chi connectivity index (χ0v) is 19.5. The smallest absolute Gasteiger partial charge is 0.127 e. The third-order valence-electron chi connectivity index (χ3n) is 5.99. The molecule has 0 unspecified atom stereocenters. The van der Waals surface area contributed by atoms with Crippen LogP contribution in [0.5, 0.6) is 17.2 Å². The first-order chi connectivity index (χ1) is 16.5. The lowest BCUT2D eigenvalue weighted by molar-refractivity contribution is 0.306. The minimum absolute atomic E-state index is 0.175. The van der Waals surface area contributed by atoms with E-state index in [0.717, 1.165) is 22.6 Å². The van der Waals surface area contributed by atoms with E-state index in [1.165, 1.54) is 11.1 Å². The van der Waals surface area contributed by atoms with E-state index in [-0.39, 0.29) is 5.41 Å². The van der Waals surface area contributed by atoms with E-state index in [1.54, 1.807) is 24.3 Å². The van der Waals surface area contributed by atoms with Crippen molar-refractivity contribution in [2.45, 2.75) is 25.9 Å². The molecule has 0 fully saturated rings. The number of nitrogens with zero attached hydrogens (tertiary/aromatic N) is 1. The molecule has 0 amide bonds. The first kappa shape index (κ1) is 22.9. The maximum Gasteiger partial charge on any atom is 0.127 e. The molecule has 0 bridgehead atoms. The summed E-state index contributed by atoms with van der Waals surface area (Å²) in [6, 6.07) is 33.8. The Bertz CT molecular complexity index is 1280. The molecule has 0 atom stereocenters. The highest BCUT2D eigenvalue weighted by Gasteiger charge is 2.23. The van der Waals surface area contributed by atoms with Gasteiger partial charge in [-0.05, 0) is 70.8 Å². The molecule has 3 nitrogen and oxygen atoms in total. The van der Waals surface area contributed by atoms with Crippen LogP contribution in [0.15, 0.2) is 104 Å². The van der Waals surface area contributed by atoms with E-state index < -0.39 is 0 Å². The Morgan fingerprint density at radius 2 is 1.24 bits per heavy atom. The van der Waals surface area contributed by atoms with Gasteiger partial charge in [0.05, 0.1) is 11.6 Å². The lowest BCUT2D eigenvalue weighted by Crippen LogP contribution is -2.18. The van der Waals surface area contributed by atoms with Gasteiger partial charge in [-0.1, -0.05) is 75.0 Å². The highest BCUT2D eigenvalue weighted by Crippen LogP contribution is 2.34. The summed E-state index contributed by atoms with van der Waals surface area (Å²) in [6.07, 6.45) is 1.83. The lowest BCUT2D eigenvalue weighted by Gasteiger charge is -2.26. The molecular weight excluding hydrogens is 418 g/mol. The van der Waals surface area contributed by atoms with Gasteiger partial charge in [0.25, 0.3) is 0 Å². The highest BCUT2D eigenvalue weighted by atomic mass is 16.5. The van der Waals surface area contributed by atoms with Crippen molar-refractivity contribution in [1.29, 1.82) is 5.26 Å². The van der Waals surface area contributed by atoms with Crippen LogP contribution >= 0.6 is 0 Å². The molecule has 0 saturated carbocycles. The average molecular weight is 446 g/mol. The Kier molecular flexibility index (Phi) is 6.80. The molecule has 4 rings (SSSR count).